The highest BCUT2D eigenvalue weighted by molar-refractivity contribution is 7.71. The summed E-state index contributed by atoms with van der Waals surface area (Å²) in [6.45, 7) is 6.50. The van der Waals surface area contributed by atoms with Crippen LogP contribution in [0.15, 0.2) is 12.1 Å². The van der Waals surface area contributed by atoms with Crippen LogP contribution in [0.1, 0.15) is 39.7 Å². The van der Waals surface area contributed by atoms with Gasteiger partial charge in [-0.25, -0.2) is 4.39 Å². The maximum atomic E-state index is 13.6. The molecule has 0 aliphatic rings. The van der Waals surface area contributed by atoms with Gasteiger partial charge in [-0.3, -0.25) is 0 Å². The second kappa shape index (κ2) is 5.63. The van der Waals surface area contributed by atoms with Crippen LogP contribution in [-0.4, -0.2) is 9.55 Å². The molecule has 1 aromatic carbocycles. The molecular formula is C14H18ClFN2S. The summed E-state index contributed by atoms with van der Waals surface area (Å²) in [6, 6.07) is 3.29. The number of imidazole rings is 1. The van der Waals surface area contributed by atoms with Gasteiger partial charge in [0.2, 0.25) is 0 Å². The Kier molecular flexibility index (Phi) is 4.31. The van der Waals surface area contributed by atoms with Gasteiger partial charge >= 0.3 is 0 Å². The third-order valence-corrected chi connectivity index (χ3v) is 3.95. The minimum atomic E-state index is -0.409. The fourth-order valence-electron chi connectivity index (χ4n) is 2.26. The van der Waals surface area contributed by atoms with E-state index in [1.807, 2.05) is 4.57 Å². The third kappa shape index (κ3) is 3.00. The highest BCUT2D eigenvalue weighted by atomic mass is 35.5. The average Bonchev–Trinajstić information content (AvgIpc) is 2.62. The highest BCUT2D eigenvalue weighted by Gasteiger charge is 2.14. The van der Waals surface area contributed by atoms with E-state index in [4.69, 9.17) is 23.8 Å². The molecule has 5 heteroatoms. The van der Waals surface area contributed by atoms with E-state index in [1.165, 1.54) is 6.07 Å². The lowest BCUT2D eigenvalue weighted by molar-refractivity contribution is 0.443. The van der Waals surface area contributed by atoms with Gasteiger partial charge in [0.15, 0.2) is 4.77 Å². The predicted octanol–water partition coefficient (Wildman–Crippen LogP) is 5.49. The van der Waals surface area contributed by atoms with Crippen molar-refractivity contribution in [1.29, 1.82) is 0 Å². The quantitative estimate of drug-likeness (QED) is 0.741. The zero-order valence-electron chi connectivity index (χ0n) is 11.3. The van der Waals surface area contributed by atoms with Crippen molar-refractivity contribution < 1.29 is 4.39 Å². The molecule has 1 atom stereocenters. The summed E-state index contributed by atoms with van der Waals surface area (Å²) in [5.74, 6) is 0.237. The third-order valence-electron chi connectivity index (χ3n) is 3.36. The molecule has 19 heavy (non-hydrogen) atoms. The first-order valence-electron chi connectivity index (χ1n) is 6.49. The van der Waals surface area contributed by atoms with Crippen LogP contribution in [0.4, 0.5) is 4.39 Å². The molecule has 0 aliphatic carbocycles. The first-order chi connectivity index (χ1) is 8.90. The highest BCUT2D eigenvalue weighted by Crippen LogP contribution is 2.27. The number of H-pyrrole nitrogens is 1. The Morgan fingerprint density at radius 2 is 2.00 bits per heavy atom. The number of hydrogen-bond acceptors (Lipinski definition) is 1. The van der Waals surface area contributed by atoms with Crippen LogP contribution in [0.5, 0.6) is 0 Å². The van der Waals surface area contributed by atoms with Crippen LogP contribution >= 0.6 is 23.8 Å². The fourth-order valence-corrected chi connectivity index (χ4v) is 2.81. The van der Waals surface area contributed by atoms with E-state index in [-0.39, 0.29) is 11.1 Å². The Bertz CT molecular complexity index is 645. The number of hydrogen-bond donors (Lipinski definition) is 1. The van der Waals surface area contributed by atoms with Crippen molar-refractivity contribution in [2.45, 2.75) is 39.7 Å². The van der Waals surface area contributed by atoms with Gasteiger partial charge < -0.3 is 9.55 Å². The number of nitrogens with one attached hydrogen (secondary N) is 1. The van der Waals surface area contributed by atoms with Crippen molar-refractivity contribution in [3.63, 3.8) is 0 Å². The molecule has 0 aliphatic heterocycles. The van der Waals surface area contributed by atoms with Gasteiger partial charge in [0.1, 0.15) is 5.82 Å². The number of aromatic amines is 1. The van der Waals surface area contributed by atoms with Crippen molar-refractivity contribution in [2.24, 2.45) is 5.92 Å². The van der Waals surface area contributed by atoms with Crippen LogP contribution in [0.3, 0.4) is 0 Å². The molecule has 1 aromatic heterocycles. The SMILES string of the molecule is CC(C)CCC(C)n1c(=S)[nH]c2cc(Cl)c(F)cc21. The number of halogens is 2. The van der Waals surface area contributed by atoms with Gasteiger partial charge in [-0.2, -0.15) is 0 Å². The first-order valence-corrected chi connectivity index (χ1v) is 7.28. The predicted molar refractivity (Wildman–Crippen MR) is 80.9 cm³/mol. The maximum Gasteiger partial charge on any atom is 0.178 e. The maximum absolute atomic E-state index is 13.6. The number of nitrogens with zero attached hydrogens (tertiary/aromatic N) is 1. The normalized spacial score (nSPS) is 13.4. The first kappa shape index (κ1) is 14.5. The zero-order valence-corrected chi connectivity index (χ0v) is 12.9. The van der Waals surface area contributed by atoms with Gasteiger partial charge in [-0.05, 0) is 44.0 Å². The molecule has 1 heterocycles. The van der Waals surface area contributed by atoms with Crippen LogP contribution in [-0.2, 0) is 0 Å². The van der Waals surface area contributed by atoms with Gasteiger partial charge in [0.05, 0.1) is 16.1 Å². The second-order valence-electron chi connectivity index (χ2n) is 5.40. The molecule has 0 spiro atoms. The number of fused-ring (bicyclic) bond motifs is 1. The van der Waals surface area contributed by atoms with E-state index in [9.17, 15) is 4.39 Å². The topological polar surface area (TPSA) is 20.7 Å². The second-order valence-corrected chi connectivity index (χ2v) is 6.20. The molecule has 0 bridgehead atoms. The van der Waals surface area contributed by atoms with E-state index in [0.717, 1.165) is 23.9 Å². The lowest BCUT2D eigenvalue weighted by atomic mass is 10.0. The van der Waals surface area contributed by atoms with Crippen LogP contribution in [0.2, 0.25) is 5.02 Å². The van der Waals surface area contributed by atoms with Crippen molar-refractivity contribution in [3.05, 3.63) is 27.7 Å². The molecular weight excluding hydrogens is 283 g/mol. The van der Waals surface area contributed by atoms with Crippen molar-refractivity contribution in [1.82, 2.24) is 9.55 Å². The lowest BCUT2D eigenvalue weighted by Crippen LogP contribution is -2.06. The molecule has 0 saturated heterocycles. The van der Waals surface area contributed by atoms with Crippen LogP contribution in [0, 0.1) is 16.5 Å². The molecule has 2 nitrogen and oxygen atoms in total. The Morgan fingerprint density at radius 3 is 2.63 bits per heavy atom. The van der Waals surface area contributed by atoms with Crippen molar-refractivity contribution >= 4 is 34.9 Å². The molecule has 0 radical (unpaired) electrons. The van der Waals surface area contributed by atoms with E-state index in [1.54, 1.807) is 6.07 Å². The Hall–Kier alpha value is -0.870. The van der Waals surface area contributed by atoms with Gasteiger partial charge in [-0.1, -0.05) is 25.4 Å². The van der Waals surface area contributed by atoms with Crippen LogP contribution < -0.4 is 0 Å². The summed E-state index contributed by atoms with van der Waals surface area (Å²) in [7, 11) is 0. The number of benzene rings is 1. The monoisotopic (exact) mass is 300 g/mol. The van der Waals surface area contributed by atoms with Gasteiger partial charge in [0.25, 0.3) is 0 Å². The number of rotatable bonds is 4. The van der Waals surface area contributed by atoms with E-state index in [0.29, 0.717) is 10.7 Å². The standard InChI is InChI=1S/C14H18ClFN2S/c1-8(2)4-5-9(3)18-13-7-11(16)10(15)6-12(13)17-14(18)19/h6-9H,4-5H2,1-3H3,(H,17,19). The van der Waals surface area contributed by atoms with Crippen molar-refractivity contribution in [3.8, 4) is 0 Å². The molecule has 1 unspecified atom stereocenters. The summed E-state index contributed by atoms with van der Waals surface area (Å²) in [5.41, 5.74) is 1.57. The molecule has 2 aromatic rings. The average molecular weight is 301 g/mol. The Labute approximate surface area is 122 Å². The molecule has 2 rings (SSSR count). The fraction of sp³-hybridized carbons (Fsp3) is 0.500. The molecule has 104 valence electrons. The molecule has 0 amide bonds. The summed E-state index contributed by atoms with van der Waals surface area (Å²) in [4.78, 5) is 3.09. The van der Waals surface area contributed by atoms with Gasteiger partial charge in [-0.15, -0.1) is 0 Å². The lowest BCUT2D eigenvalue weighted by Gasteiger charge is -2.16. The minimum absolute atomic E-state index is 0.116. The number of aromatic nitrogens is 2. The Morgan fingerprint density at radius 1 is 1.32 bits per heavy atom. The Balaban J connectivity index is 2.45. The largest absolute Gasteiger partial charge is 0.331 e. The van der Waals surface area contributed by atoms with E-state index < -0.39 is 5.82 Å². The van der Waals surface area contributed by atoms with E-state index >= 15 is 0 Å². The summed E-state index contributed by atoms with van der Waals surface area (Å²) in [5, 5.41) is 0.116. The molecule has 0 fully saturated rings. The summed E-state index contributed by atoms with van der Waals surface area (Å²) >= 11 is 11.1. The zero-order chi connectivity index (χ0) is 14.2. The van der Waals surface area contributed by atoms with E-state index in [2.05, 4.69) is 25.8 Å². The molecule has 0 saturated carbocycles. The minimum Gasteiger partial charge on any atom is -0.331 e. The van der Waals surface area contributed by atoms with Crippen LogP contribution in [0.25, 0.3) is 11.0 Å². The van der Waals surface area contributed by atoms with Crippen molar-refractivity contribution in [2.75, 3.05) is 0 Å². The summed E-state index contributed by atoms with van der Waals surface area (Å²) < 4.78 is 16.2. The van der Waals surface area contributed by atoms with Gasteiger partial charge in [0, 0.05) is 12.1 Å². The smallest absolute Gasteiger partial charge is 0.178 e. The molecule has 1 N–H and O–H groups in total. The summed E-state index contributed by atoms with van der Waals surface area (Å²) in [6.07, 6.45) is 2.13.